The molecule has 1 amide bonds. The molecule has 2 aromatic rings. The maximum absolute atomic E-state index is 14.4. The molecule has 0 spiro atoms. The highest BCUT2D eigenvalue weighted by Crippen LogP contribution is 2.29. The number of carbonyl (C=O) groups excluding carboxylic acids is 1. The molecule has 1 unspecified atom stereocenters. The normalized spacial score (nSPS) is 18.3. The van der Waals surface area contributed by atoms with Gasteiger partial charge in [-0.25, -0.2) is 18.6 Å². The van der Waals surface area contributed by atoms with E-state index in [1.165, 1.54) is 26.1 Å². The van der Waals surface area contributed by atoms with Crippen molar-refractivity contribution < 1.29 is 41.3 Å². The van der Waals surface area contributed by atoms with Gasteiger partial charge in [-0.1, -0.05) is 0 Å². The standard InChI is InChI=1S/C19H19F5N4O4/c1-9(11-5-13(21)15(6-12(11)20)32-8-19(22,23)24)26-17-25-4-3-16(27-17)28-14(10(2)29)7-31-18(28)30/h3-6,9-10,14,29H,7-8H2,1-2H3,(H,25,26,27)/t9-,10+,14?/m0/s1. The van der Waals surface area contributed by atoms with E-state index in [4.69, 9.17) is 4.74 Å². The third-order valence-corrected chi connectivity index (χ3v) is 4.61. The fraction of sp³-hybridized carbons (Fsp3) is 0.421. The first kappa shape index (κ1) is 23.4. The SMILES string of the molecule is C[C@H](Nc1nccc(N2C(=O)OCC2[C@@H](C)O)n1)c1cc(F)c(OCC(F)(F)F)cc1F. The summed E-state index contributed by atoms with van der Waals surface area (Å²) in [6.07, 6.45) is -5.00. The van der Waals surface area contributed by atoms with Crippen LogP contribution < -0.4 is 15.0 Å². The lowest BCUT2D eigenvalue weighted by molar-refractivity contribution is -0.153. The van der Waals surface area contributed by atoms with Crippen LogP contribution in [0.4, 0.5) is 38.5 Å². The molecule has 2 heterocycles. The van der Waals surface area contributed by atoms with Crippen molar-refractivity contribution in [3.05, 3.63) is 41.6 Å². The van der Waals surface area contributed by atoms with Gasteiger partial charge in [0.05, 0.1) is 12.1 Å². The lowest BCUT2D eigenvalue weighted by Gasteiger charge is -2.23. The second-order valence-electron chi connectivity index (χ2n) is 7.07. The number of nitrogens with one attached hydrogen (secondary N) is 1. The highest BCUT2D eigenvalue weighted by Gasteiger charge is 2.38. The summed E-state index contributed by atoms with van der Waals surface area (Å²) in [6.45, 7) is 1.14. The molecule has 1 fully saturated rings. The van der Waals surface area contributed by atoms with E-state index in [1.54, 1.807) is 0 Å². The molecule has 1 aliphatic heterocycles. The number of hydrogen-bond acceptors (Lipinski definition) is 7. The first-order chi connectivity index (χ1) is 15.0. The first-order valence-electron chi connectivity index (χ1n) is 9.38. The summed E-state index contributed by atoms with van der Waals surface area (Å²) in [5.74, 6) is -2.97. The monoisotopic (exact) mass is 462 g/mol. The fourth-order valence-corrected chi connectivity index (χ4v) is 3.02. The predicted molar refractivity (Wildman–Crippen MR) is 101 cm³/mol. The molecule has 174 valence electrons. The first-order valence-corrected chi connectivity index (χ1v) is 9.38. The van der Waals surface area contributed by atoms with Crippen molar-refractivity contribution in [1.82, 2.24) is 9.97 Å². The van der Waals surface area contributed by atoms with E-state index in [2.05, 4.69) is 20.0 Å². The third-order valence-electron chi connectivity index (χ3n) is 4.61. The number of benzene rings is 1. The molecule has 2 N–H and O–H groups in total. The average molecular weight is 462 g/mol. The molecule has 0 aliphatic carbocycles. The van der Waals surface area contributed by atoms with Gasteiger partial charge in [0.2, 0.25) is 5.95 Å². The molecular weight excluding hydrogens is 443 g/mol. The van der Waals surface area contributed by atoms with Crippen LogP contribution in [0.1, 0.15) is 25.5 Å². The summed E-state index contributed by atoms with van der Waals surface area (Å²) in [4.78, 5) is 21.3. The molecule has 0 saturated carbocycles. The Bertz CT molecular complexity index is 989. The Morgan fingerprint density at radius 2 is 2.03 bits per heavy atom. The Hall–Kier alpha value is -3.22. The third kappa shape index (κ3) is 5.33. The zero-order valence-electron chi connectivity index (χ0n) is 16.9. The summed E-state index contributed by atoms with van der Waals surface area (Å²) in [6, 6.07) is 1.07. The Morgan fingerprint density at radius 3 is 2.69 bits per heavy atom. The van der Waals surface area contributed by atoms with Crippen molar-refractivity contribution >= 4 is 17.9 Å². The van der Waals surface area contributed by atoms with Crippen LogP contribution in [0.2, 0.25) is 0 Å². The number of cyclic esters (lactones) is 1. The van der Waals surface area contributed by atoms with Crippen LogP contribution in [0.3, 0.4) is 0 Å². The highest BCUT2D eigenvalue weighted by molar-refractivity contribution is 5.89. The minimum atomic E-state index is -4.70. The molecule has 13 heteroatoms. The number of aromatic nitrogens is 2. The minimum absolute atomic E-state index is 0.0348. The van der Waals surface area contributed by atoms with Crippen molar-refractivity contribution in [1.29, 1.82) is 0 Å². The molecular formula is C19H19F5N4O4. The average Bonchev–Trinajstić information content (AvgIpc) is 3.09. The van der Waals surface area contributed by atoms with E-state index in [0.29, 0.717) is 12.1 Å². The zero-order chi connectivity index (χ0) is 23.6. The molecule has 8 nitrogen and oxygen atoms in total. The van der Waals surface area contributed by atoms with Gasteiger partial charge in [-0.15, -0.1) is 0 Å². The smallest absolute Gasteiger partial charge is 0.422 e. The van der Waals surface area contributed by atoms with E-state index >= 15 is 0 Å². The number of nitrogens with zero attached hydrogens (tertiary/aromatic N) is 3. The van der Waals surface area contributed by atoms with Crippen LogP contribution in [-0.2, 0) is 4.74 Å². The maximum Gasteiger partial charge on any atom is 0.422 e. The largest absolute Gasteiger partial charge is 0.481 e. The molecule has 32 heavy (non-hydrogen) atoms. The minimum Gasteiger partial charge on any atom is -0.481 e. The van der Waals surface area contributed by atoms with Gasteiger partial charge < -0.3 is 19.9 Å². The van der Waals surface area contributed by atoms with Gasteiger partial charge in [0, 0.05) is 17.8 Å². The topological polar surface area (TPSA) is 96.8 Å². The summed E-state index contributed by atoms with van der Waals surface area (Å²) < 4.78 is 74.5. The molecule has 0 bridgehead atoms. The summed E-state index contributed by atoms with van der Waals surface area (Å²) in [7, 11) is 0. The Labute approximate surface area is 179 Å². The number of halogens is 5. The molecule has 1 aliphatic rings. The van der Waals surface area contributed by atoms with Gasteiger partial charge >= 0.3 is 12.3 Å². The molecule has 1 saturated heterocycles. The van der Waals surface area contributed by atoms with E-state index in [-0.39, 0.29) is 23.9 Å². The van der Waals surface area contributed by atoms with Gasteiger partial charge in [0.1, 0.15) is 24.3 Å². The van der Waals surface area contributed by atoms with Crippen molar-refractivity contribution in [2.24, 2.45) is 0 Å². The van der Waals surface area contributed by atoms with Gasteiger partial charge in [-0.05, 0) is 26.0 Å². The van der Waals surface area contributed by atoms with Crippen molar-refractivity contribution in [2.75, 3.05) is 23.4 Å². The number of anilines is 2. The number of ether oxygens (including phenoxy) is 2. The van der Waals surface area contributed by atoms with Gasteiger partial charge in [0.25, 0.3) is 0 Å². The van der Waals surface area contributed by atoms with Crippen LogP contribution in [0.5, 0.6) is 5.75 Å². The van der Waals surface area contributed by atoms with Crippen LogP contribution >= 0.6 is 0 Å². The predicted octanol–water partition coefficient (Wildman–Crippen LogP) is 3.58. The second-order valence-corrected chi connectivity index (χ2v) is 7.07. The van der Waals surface area contributed by atoms with Gasteiger partial charge in [0.15, 0.2) is 18.2 Å². The Kier molecular flexibility index (Phi) is 6.67. The van der Waals surface area contributed by atoms with Crippen LogP contribution in [0.25, 0.3) is 0 Å². The van der Waals surface area contributed by atoms with Crippen molar-refractivity contribution in [3.63, 3.8) is 0 Å². The lowest BCUT2D eigenvalue weighted by atomic mass is 10.1. The zero-order valence-corrected chi connectivity index (χ0v) is 16.9. The number of rotatable bonds is 7. The van der Waals surface area contributed by atoms with Crippen molar-refractivity contribution in [3.8, 4) is 5.75 Å². The second kappa shape index (κ2) is 9.10. The molecule has 3 rings (SSSR count). The van der Waals surface area contributed by atoms with Gasteiger partial charge in [-0.3, -0.25) is 4.90 Å². The number of amides is 1. The Balaban J connectivity index is 1.78. The molecule has 3 atom stereocenters. The molecule has 1 aromatic heterocycles. The van der Waals surface area contributed by atoms with E-state index in [0.717, 1.165) is 4.90 Å². The Morgan fingerprint density at radius 1 is 1.31 bits per heavy atom. The van der Waals surface area contributed by atoms with Crippen LogP contribution in [0.15, 0.2) is 24.4 Å². The number of hydrogen-bond donors (Lipinski definition) is 2. The van der Waals surface area contributed by atoms with E-state index < -0.39 is 54.4 Å². The summed E-state index contributed by atoms with van der Waals surface area (Å²) in [5, 5.41) is 12.6. The number of alkyl halides is 3. The quantitative estimate of drug-likeness (QED) is 0.608. The maximum atomic E-state index is 14.4. The summed E-state index contributed by atoms with van der Waals surface area (Å²) >= 11 is 0. The van der Waals surface area contributed by atoms with E-state index in [9.17, 15) is 31.9 Å². The lowest BCUT2D eigenvalue weighted by Crippen LogP contribution is -2.41. The van der Waals surface area contributed by atoms with Crippen molar-refractivity contribution in [2.45, 2.75) is 38.2 Å². The number of aliphatic hydroxyl groups is 1. The van der Waals surface area contributed by atoms with Gasteiger partial charge in [-0.2, -0.15) is 18.2 Å². The van der Waals surface area contributed by atoms with Crippen LogP contribution in [-0.4, -0.2) is 52.7 Å². The molecule has 0 radical (unpaired) electrons. The van der Waals surface area contributed by atoms with E-state index in [1.807, 2.05) is 0 Å². The fourth-order valence-electron chi connectivity index (χ4n) is 3.02. The molecule has 1 aromatic carbocycles. The summed E-state index contributed by atoms with van der Waals surface area (Å²) in [5.41, 5.74) is -0.210. The number of carbonyl (C=O) groups is 1. The highest BCUT2D eigenvalue weighted by atomic mass is 19.4. The van der Waals surface area contributed by atoms with Crippen LogP contribution in [0, 0.1) is 11.6 Å². The number of aliphatic hydroxyl groups excluding tert-OH is 1.